The van der Waals surface area contributed by atoms with E-state index in [4.69, 9.17) is 11.6 Å². The topological polar surface area (TPSA) is 29.1 Å². The highest BCUT2D eigenvalue weighted by atomic mass is 35.5. The summed E-state index contributed by atoms with van der Waals surface area (Å²) in [5, 5.41) is 3.45. The Balaban J connectivity index is 2.69. The van der Waals surface area contributed by atoms with Crippen LogP contribution in [-0.4, -0.2) is 12.5 Å². The Hall–Kier alpha value is -1.46. The lowest BCUT2D eigenvalue weighted by Gasteiger charge is -2.03. The van der Waals surface area contributed by atoms with Crippen LogP contribution < -0.4 is 5.32 Å². The van der Waals surface area contributed by atoms with Crippen LogP contribution in [0.3, 0.4) is 0 Å². The summed E-state index contributed by atoms with van der Waals surface area (Å²) >= 11 is 5.95. The highest BCUT2D eigenvalue weighted by molar-refractivity contribution is 6.30. The molecule has 0 spiro atoms. The molecule has 0 bridgehead atoms. The van der Waals surface area contributed by atoms with Crippen LogP contribution in [-0.2, 0) is 4.79 Å². The van der Waals surface area contributed by atoms with E-state index in [9.17, 15) is 4.79 Å². The molecule has 1 aromatic rings. The van der Waals surface area contributed by atoms with Crippen molar-refractivity contribution in [1.29, 1.82) is 0 Å². The number of carbonyl (C=O) groups is 1. The third-order valence-corrected chi connectivity index (χ3v) is 2.55. The normalized spacial score (nSPS) is 9.41. The van der Waals surface area contributed by atoms with Gasteiger partial charge in [0.05, 0.1) is 0 Å². The van der Waals surface area contributed by atoms with Crippen LogP contribution in [0.1, 0.15) is 30.0 Å². The van der Waals surface area contributed by atoms with Gasteiger partial charge in [0.2, 0.25) is 5.91 Å². The largest absolute Gasteiger partial charge is 0.355 e. The summed E-state index contributed by atoms with van der Waals surface area (Å²) in [6.45, 7) is 6.09. The van der Waals surface area contributed by atoms with Crippen molar-refractivity contribution in [3.63, 3.8) is 0 Å². The summed E-state index contributed by atoms with van der Waals surface area (Å²) < 4.78 is 0. The molecular formula is C14H16ClNO. The van der Waals surface area contributed by atoms with Crippen molar-refractivity contribution >= 4 is 17.5 Å². The average Bonchev–Trinajstić information content (AvgIpc) is 2.20. The second kappa shape index (κ2) is 6.32. The monoisotopic (exact) mass is 249 g/mol. The van der Waals surface area contributed by atoms with Crippen LogP contribution >= 0.6 is 11.6 Å². The lowest BCUT2D eigenvalue weighted by Crippen LogP contribution is -2.20. The van der Waals surface area contributed by atoms with Crippen molar-refractivity contribution in [3.8, 4) is 11.8 Å². The van der Waals surface area contributed by atoms with Crippen LogP contribution in [0.15, 0.2) is 12.1 Å². The molecule has 0 fully saturated rings. The van der Waals surface area contributed by atoms with Gasteiger partial charge in [-0.1, -0.05) is 23.4 Å². The van der Waals surface area contributed by atoms with E-state index in [1.807, 2.05) is 26.0 Å². The van der Waals surface area contributed by atoms with Gasteiger partial charge in [-0.05, 0) is 37.1 Å². The summed E-state index contributed by atoms with van der Waals surface area (Å²) in [5.74, 6) is 6.15. The van der Waals surface area contributed by atoms with Gasteiger partial charge in [-0.2, -0.15) is 0 Å². The van der Waals surface area contributed by atoms with Gasteiger partial charge in [-0.25, -0.2) is 0 Å². The molecule has 3 heteroatoms. The molecule has 0 aliphatic rings. The molecule has 0 heterocycles. The maximum absolute atomic E-state index is 10.6. The van der Waals surface area contributed by atoms with Crippen LogP contribution in [0.4, 0.5) is 0 Å². The first kappa shape index (κ1) is 13.6. The molecule has 0 radical (unpaired) electrons. The number of aryl methyl sites for hydroxylation is 2. The fourth-order valence-corrected chi connectivity index (χ4v) is 1.89. The van der Waals surface area contributed by atoms with Gasteiger partial charge < -0.3 is 5.32 Å². The minimum absolute atomic E-state index is 0.0225. The minimum atomic E-state index is -0.0225. The Bertz CT molecular complexity index is 460. The van der Waals surface area contributed by atoms with Gasteiger partial charge in [-0.15, -0.1) is 0 Å². The predicted octanol–water partition coefficient (Wildman–Crippen LogP) is 2.83. The molecule has 0 aliphatic carbocycles. The predicted molar refractivity (Wildman–Crippen MR) is 71.1 cm³/mol. The molecule has 1 N–H and O–H groups in total. The van der Waals surface area contributed by atoms with Gasteiger partial charge in [0, 0.05) is 30.5 Å². The van der Waals surface area contributed by atoms with Gasteiger partial charge in [0.15, 0.2) is 0 Å². The maximum Gasteiger partial charge on any atom is 0.216 e. The molecule has 0 atom stereocenters. The van der Waals surface area contributed by atoms with Crippen molar-refractivity contribution in [2.75, 3.05) is 6.54 Å². The number of halogens is 1. The number of carbonyl (C=O) groups excluding carboxylic acids is 1. The smallest absolute Gasteiger partial charge is 0.216 e. The second-order valence-electron chi connectivity index (χ2n) is 3.95. The Kier molecular flexibility index (Phi) is 5.06. The number of rotatable bonds is 2. The second-order valence-corrected chi connectivity index (χ2v) is 4.39. The number of nitrogens with one attached hydrogen (secondary N) is 1. The first-order chi connectivity index (χ1) is 8.00. The van der Waals surface area contributed by atoms with Crippen molar-refractivity contribution in [3.05, 3.63) is 33.8 Å². The SMILES string of the molecule is CC(=O)NCCC#Cc1c(C)cc(Cl)cc1C. The van der Waals surface area contributed by atoms with Crippen LogP contribution in [0.25, 0.3) is 0 Å². The summed E-state index contributed by atoms with van der Waals surface area (Å²) in [6.07, 6.45) is 0.654. The van der Waals surface area contributed by atoms with Crippen LogP contribution in [0, 0.1) is 25.7 Å². The molecule has 0 aliphatic heterocycles. The van der Waals surface area contributed by atoms with Crippen LogP contribution in [0.5, 0.6) is 0 Å². The van der Waals surface area contributed by atoms with E-state index in [2.05, 4.69) is 17.2 Å². The first-order valence-electron chi connectivity index (χ1n) is 5.50. The van der Waals surface area contributed by atoms with Gasteiger partial charge in [-0.3, -0.25) is 4.79 Å². The number of benzene rings is 1. The van der Waals surface area contributed by atoms with Gasteiger partial charge >= 0.3 is 0 Å². The summed E-state index contributed by atoms with van der Waals surface area (Å²) in [5.41, 5.74) is 3.20. The molecule has 0 saturated carbocycles. The molecule has 0 saturated heterocycles. The molecule has 1 rings (SSSR count). The number of amides is 1. The van der Waals surface area contributed by atoms with E-state index in [-0.39, 0.29) is 5.91 Å². The first-order valence-corrected chi connectivity index (χ1v) is 5.88. The summed E-state index contributed by atoms with van der Waals surface area (Å²) in [7, 11) is 0. The highest BCUT2D eigenvalue weighted by Gasteiger charge is 2.00. The van der Waals surface area contributed by atoms with Crippen molar-refractivity contribution in [2.45, 2.75) is 27.2 Å². The fraction of sp³-hybridized carbons (Fsp3) is 0.357. The van der Waals surface area contributed by atoms with E-state index in [1.54, 1.807) is 0 Å². The molecule has 90 valence electrons. The molecule has 0 aromatic heterocycles. The Morgan fingerprint density at radius 3 is 2.47 bits per heavy atom. The molecule has 0 unspecified atom stereocenters. The van der Waals surface area contributed by atoms with Gasteiger partial charge in [0.1, 0.15) is 0 Å². The Labute approximate surface area is 107 Å². The minimum Gasteiger partial charge on any atom is -0.355 e. The van der Waals surface area contributed by atoms with E-state index < -0.39 is 0 Å². The third-order valence-electron chi connectivity index (χ3n) is 2.33. The van der Waals surface area contributed by atoms with E-state index in [0.717, 1.165) is 21.7 Å². The molecule has 17 heavy (non-hydrogen) atoms. The van der Waals surface area contributed by atoms with Crippen LogP contribution in [0.2, 0.25) is 5.02 Å². The molecule has 2 nitrogen and oxygen atoms in total. The zero-order chi connectivity index (χ0) is 12.8. The molecular weight excluding hydrogens is 234 g/mol. The number of hydrogen-bond donors (Lipinski definition) is 1. The lowest BCUT2D eigenvalue weighted by atomic mass is 10.0. The average molecular weight is 250 g/mol. The van der Waals surface area contributed by atoms with Gasteiger partial charge in [0.25, 0.3) is 0 Å². The van der Waals surface area contributed by atoms with Crippen molar-refractivity contribution < 1.29 is 4.79 Å². The van der Waals surface area contributed by atoms with E-state index >= 15 is 0 Å². The van der Waals surface area contributed by atoms with E-state index in [0.29, 0.717) is 13.0 Å². The quantitative estimate of drug-likeness (QED) is 0.634. The zero-order valence-corrected chi connectivity index (χ0v) is 11.1. The zero-order valence-electron chi connectivity index (χ0n) is 10.4. The summed E-state index contributed by atoms with van der Waals surface area (Å²) in [4.78, 5) is 10.6. The lowest BCUT2D eigenvalue weighted by molar-refractivity contribution is -0.118. The fourth-order valence-electron chi connectivity index (χ4n) is 1.56. The molecule has 1 amide bonds. The van der Waals surface area contributed by atoms with E-state index in [1.165, 1.54) is 6.92 Å². The third kappa shape index (κ3) is 4.50. The van der Waals surface area contributed by atoms with Crippen molar-refractivity contribution in [2.24, 2.45) is 0 Å². The van der Waals surface area contributed by atoms with Crippen molar-refractivity contribution in [1.82, 2.24) is 5.32 Å². The Morgan fingerprint density at radius 2 is 1.94 bits per heavy atom. The standard InChI is InChI=1S/C14H16ClNO/c1-10-8-13(15)9-11(2)14(10)6-4-5-7-16-12(3)17/h8-9H,5,7H2,1-3H3,(H,16,17). The number of hydrogen-bond acceptors (Lipinski definition) is 1. The highest BCUT2D eigenvalue weighted by Crippen LogP contribution is 2.18. The maximum atomic E-state index is 10.6. The Morgan fingerprint density at radius 1 is 1.35 bits per heavy atom. The molecule has 1 aromatic carbocycles. The summed E-state index contributed by atoms with van der Waals surface area (Å²) in [6, 6.07) is 3.82.